The molecule has 0 fully saturated rings. The molecule has 17 heavy (non-hydrogen) atoms. The van der Waals surface area contributed by atoms with E-state index in [-0.39, 0.29) is 5.82 Å². The SMILES string of the molecule is Fc1ccccc1-n1ccc2c(Cl)ncnc21. The van der Waals surface area contributed by atoms with Crippen molar-refractivity contribution in [2.75, 3.05) is 0 Å². The average Bonchev–Trinajstić information content (AvgIpc) is 2.75. The molecule has 0 aliphatic heterocycles. The largest absolute Gasteiger partial charge is 0.298 e. The summed E-state index contributed by atoms with van der Waals surface area (Å²) in [6.45, 7) is 0. The molecule has 2 heterocycles. The fourth-order valence-corrected chi connectivity index (χ4v) is 1.95. The van der Waals surface area contributed by atoms with Crippen LogP contribution < -0.4 is 0 Å². The average molecular weight is 248 g/mol. The number of aromatic nitrogens is 3. The minimum Gasteiger partial charge on any atom is -0.298 e. The van der Waals surface area contributed by atoms with Crippen LogP contribution in [0.1, 0.15) is 0 Å². The number of benzene rings is 1. The Morgan fingerprint density at radius 3 is 2.76 bits per heavy atom. The zero-order valence-corrected chi connectivity index (χ0v) is 9.39. The summed E-state index contributed by atoms with van der Waals surface area (Å²) >= 11 is 5.94. The second-order valence-corrected chi connectivity index (χ2v) is 3.90. The lowest BCUT2D eigenvalue weighted by Gasteiger charge is -2.05. The van der Waals surface area contributed by atoms with E-state index >= 15 is 0 Å². The number of rotatable bonds is 1. The van der Waals surface area contributed by atoms with Gasteiger partial charge in [-0.25, -0.2) is 14.4 Å². The van der Waals surface area contributed by atoms with Crippen LogP contribution in [0.3, 0.4) is 0 Å². The Kier molecular flexibility index (Phi) is 2.30. The summed E-state index contributed by atoms with van der Waals surface area (Å²) in [5, 5.41) is 1.07. The van der Waals surface area contributed by atoms with Crippen molar-refractivity contribution in [3.63, 3.8) is 0 Å². The summed E-state index contributed by atoms with van der Waals surface area (Å²) in [5.41, 5.74) is 1.03. The molecule has 84 valence electrons. The van der Waals surface area contributed by atoms with Crippen LogP contribution >= 0.6 is 11.6 Å². The van der Waals surface area contributed by atoms with Gasteiger partial charge in [-0.15, -0.1) is 0 Å². The first-order valence-corrected chi connectivity index (χ1v) is 5.37. The quantitative estimate of drug-likeness (QED) is 0.618. The van der Waals surface area contributed by atoms with Gasteiger partial charge in [-0.2, -0.15) is 0 Å². The minimum atomic E-state index is -0.306. The molecule has 3 aromatic rings. The Morgan fingerprint density at radius 2 is 1.94 bits per heavy atom. The highest BCUT2D eigenvalue weighted by Crippen LogP contribution is 2.24. The molecule has 0 bridgehead atoms. The maximum atomic E-state index is 13.7. The molecule has 0 radical (unpaired) electrons. The first-order chi connectivity index (χ1) is 8.27. The maximum Gasteiger partial charge on any atom is 0.149 e. The first-order valence-electron chi connectivity index (χ1n) is 5.00. The second kappa shape index (κ2) is 3.82. The van der Waals surface area contributed by atoms with E-state index in [4.69, 9.17) is 11.6 Å². The Hall–Kier alpha value is -1.94. The predicted octanol–water partition coefficient (Wildman–Crippen LogP) is 3.21. The Bertz CT molecular complexity index is 693. The van der Waals surface area contributed by atoms with Crippen LogP contribution in [-0.4, -0.2) is 14.5 Å². The third-order valence-electron chi connectivity index (χ3n) is 2.54. The summed E-state index contributed by atoms with van der Waals surface area (Å²) in [6.07, 6.45) is 3.09. The molecular weight excluding hydrogens is 241 g/mol. The van der Waals surface area contributed by atoms with Crippen LogP contribution in [0.5, 0.6) is 0 Å². The van der Waals surface area contributed by atoms with Gasteiger partial charge in [0.15, 0.2) is 0 Å². The summed E-state index contributed by atoms with van der Waals surface area (Å²) in [4.78, 5) is 8.00. The van der Waals surface area contributed by atoms with Crippen LogP contribution in [0, 0.1) is 5.82 Å². The van der Waals surface area contributed by atoms with Crippen LogP contribution in [0.4, 0.5) is 4.39 Å². The molecule has 0 unspecified atom stereocenters. The fourth-order valence-electron chi connectivity index (χ4n) is 1.76. The minimum absolute atomic E-state index is 0.306. The van der Waals surface area contributed by atoms with Gasteiger partial charge in [0.2, 0.25) is 0 Å². The van der Waals surface area contributed by atoms with Crippen molar-refractivity contribution in [1.82, 2.24) is 14.5 Å². The van der Waals surface area contributed by atoms with Crippen molar-refractivity contribution >= 4 is 22.6 Å². The smallest absolute Gasteiger partial charge is 0.149 e. The lowest BCUT2D eigenvalue weighted by Crippen LogP contribution is -1.97. The van der Waals surface area contributed by atoms with Crippen LogP contribution in [0.15, 0.2) is 42.9 Å². The summed E-state index contributed by atoms with van der Waals surface area (Å²) in [6, 6.07) is 8.28. The van der Waals surface area contributed by atoms with Gasteiger partial charge in [0.05, 0.1) is 11.1 Å². The normalized spacial score (nSPS) is 10.9. The van der Waals surface area contributed by atoms with Crippen molar-refractivity contribution in [2.45, 2.75) is 0 Å². The highest BCUT2D eigenvalue weighted by Gasteiger charge is 2.10. The predicted molar refractivity (Wildman–Crippen MR) is 63.8 cm³/mol. The fraction of sp³-hybridized carbons (Fsp3) is 0. The van der Waals surface area contributed by atoms with E-state index in [0.29, 0.717) is 21.9 Å². The standard InChI is InChI=1S/C12H7ClFN3/c13-11-8-5-6-17(12(8)16-7-15-11)10-4-2-1-3-9(10)14/h1-7H. The molecule has 5 heteroatoms. The topological polar surface area (TPSA) is 30.7 Å². The molecule has 0 aliphatic carbocycles. The molecule has 0 N–H and O–H groups in total. The zero-order valence-electron chi connectivity index (χ0n) is 8.64. The molecule has 1 aromatic carbocycles. The number of halogens is 2. The van der Waals surface area contributed by atoms with Crippen molar-refractivity contribution in [3.8, 4) is 5.69 Å². The summed E-state index contributed by atoms with van der Waals surface area (Å²) in [5.74, 6) is -0.306. The highest BCUT2D eigenvalue weighted by atomic mass is 35.5. The zero-order chi connectivity index (χ0) is 11.8. The van der Waals surface area contributed by atoms with Crippen molar-refractivity contribution in [3.05, 3.63) is 53.8 Å². The molecule has 0 atom stereocenters. The highest BCUT2D eigenvalue weighted by molar-refractivity contribution is 6.33. The van der Waals surface area contributed by atoms with E-state index in [9.17, 15) is 4.39 Å². The Balaban J connectivity index is 2.33. The third kappa shape index (κ3) is 1.57. The van der Waals surface area contributed by atoms with E-state index in [1.807, 2.05) is 0 Å². The third-order valence-corrected chi connectivity index (χ3v) is 2.85. The molecule has 0 saturated carbocycles. The van der Waals surface area contributed by atoms with E-state index in [0.717, 1.165) is 0 Å². The van der Waals surface area contributed by atoms with Gasteiger partial charge in [0, 0.05) is 6.20 Å². The van der Waals surface area contributed by atoms with Crippen LogP contribution in [0.2, 0.25) is 5.15 Å². The number of nitrogens with zero attached hydrogens (tertiary/aromatic N) is 3. The molecular formula is C12H7ClFN3. The Labute approximate surface area is 101 Å². The van der Waals surface area contributed by atoms with Gasteiger partial charge >= 0.3 is 0 Å². The summed E-state index contributed by atoms with van der Waals surface area (Å²) in [7, 11) is 0. The van der Waals surface area contributed by atoms with E-state index in [2.05, 4.69) is 9.97 Å². The lowest BCUT2D eigenvalue weighted by molar-refractivity contribution is 0.619. The van der Waals surface area contributed by atoms with Crippen molar-refractivity contribution in [2.24, 2.45) is 0 Å². The first kappa shape index (κ1) is 10.2. The Morgan fingerprint density at radius 1 is 1.12 bits per heavy atom. The number of hydrogen-bond donors (Lipinski definition) is 0. The van der Waals surface area contributed by atoms with Gasteiger partial charge in [0.25, 0.3) is 0 Å². The number of hydrogen-bond acceptors (Lipinski definition) is 2. The van der Waals surface area contributed by atoms with Gasteiger partial charge in [0.1, 0.15) is 22.9 Å². The molecule has 3 rings (SSSR count). The molecule has 0 aliphatic rings. The van der Waals surface area contributed by atoms with Gasteiger partial charge in [-0.1, -0.05) is 23.7 Å². The van der Waals surface area contributed by atoms with E-state index < -0.39 is 0 Å². The van der Waals surface area contributed by atoms with Gasteiger partial charge in [-0.3, -0.25) is 4.57 Å². The maximum absolute atomic E-state index is 13.7. The van der Waals surface area contributed by atoms with E-state index in [1.165, 1.54) is 12.4 Å². The monoisotopic (exact) mass is 247 g/mol. The number of fused-ring (bicyclic) bond motifs is 1. The summed E-state index contributed by atoms with van der Waals surface area (Å²) < 4.78 is 15.3. The van der Waals surface area contributed by atoms with E-state index in [1.54, 1.807) is 35.0 Å². The van der Waals surface area contributed by atoms with Crippen molar-refractivity contribution < 1.29 is 4.39 Å². The molecule has 0 saturated heterocycles. The molecule has 2 aromatic heterocycles. The second-order valence-electron chi connectivity index (χ2n) is 3.54. The van der Waals surface area contributed by atoms with Gasteiger partial charge in [-0.05, 0) is 18.2 Å². The number of para-hydroxylation sites is 1. The van der Waals surface area contributed by atoms with Crippen LogP contribution in [-0.2, 0) is 0 Å². The molecule has 0 amide bonds. The molecule has 0 spiro atoms. The molecule has 3 nitrogen and oxygen atoms in total. The van der Waals surface area contributed by atoms with Crippen molar-refractivity contribution in [1.29, 1.82) is 0 Å². The van der Waals surface area contributed by atoms with Crippen LogP contribution in [0.25, 0.3) is 16.7 Å². The lowest BCUT2D eigenvalue weighted by atomic mass is 10.3. The van der Waals surface area contributed by atoms with Gasteiger partial charge < -0.3 is 0 Å².